The highest BCUT2D eigenvalue weighted by Crippen LogP contribution is 2.16. The number of nitrogens with zero attached hydrogens (tertiary/aromatic N) is 2. The van der Waals surface area contributed by atoms with Gasteiger partial charge in [0.1, 0.15) is 0 Å². The molecule has 1 rings (SSSR count). The number of rotatable bonds is 6. The van der Waals surface area contributed by atoms with Crippen molar-refractivity contribution in [1.82, 2.24) is 15.1 Å². The number of aliphatic hydroxyl groups excluding tert-OH is 2. The smallest absolute Gasteiger partial charge is 0.0694 e. The molecule has 0 saturated carbocycles. The Balaban J connectivity index is 2.65. The number of aromatic nitrogens is 2. The average molecular weight is 227 g/mol. The lowest BCUT2D eigenvalue weighted by atomic mass is 10.1. The second-order valence-electron chi connectivity index (χ2n) is 4.31. The Labute approximate surface area is 96.1 Å². The predicted molar refractivity (Wildman–Crippen MR) is 62.1 cm³/mol. The van der Waals surface area contributed by atoms with E-state index in [1.54, 1.807) is 4.68 Å². The van der Waals surface area contributed by atoms with Gasteiger partial charge in [-0.15, -0.1) is 0 Å². The van der Waals surface area contributed by atoms with Crippen molar-refractivity contribution in [3.63, 3.8) is 0 Å². The van der Waals surface area contributed by atoms with E-state index in [4.69, 9.17) is 10.2 Å². The molecule has 5 nitrogen and oxygen atoms in total. The Bertz CT molecular complexity index is 319. The van der Waals surface area contributed by atoms with Crippen LogP contribution in [0.1, 0.15) is 31.0 Å². The summed E-state index contributed by atoms with van der Waals surface area (Å²) in [5.74, 6) is 0.375. The minimum Gasteiger partial charge on any atom is -0.395 e. The van der Waals surface area contributed by atoms with Gasteiger partial charge in [-0.1, -0.05) is 13.8 Å². The monoisotopic (exact) mass is 227 g/mol. The molecule has 1 heterocycles. The standard InChI is InChI=1S/C11H21N3O2/c1-8(2)11-9(5-14(3)13-11)4-12-10(6-15)7-16/h5,8,10,12,15-16H,4,6-7H2,1-3H3. The van der Waals surface area contributed by atoms with Crippen molar-refractivity contribution >= 4 is 0 Å². The maximum Gasteiger partial charge on any atom is 0.0694 e. The predicted octanol–water partition coefficient (Wildman–Crippen LogP) is -0.0137. The summed E-state index contributed by atoms with van der Waals surface area (Å²) in [6.07, 6.45) is 1.97. The first-order valence-electron chi connectivity index (χ1n) is 5.56. The van der Waals surface area contributed by atoms with Gasteiger partial charge in [-0.3, -0.25) is 4.68 Å². The van der Waals surface area contributed by atoms with Crippen LogP contribution in [-0.2, 0) is 13.6 Å². The first kappa shape index (κ1) is 13.2. The molecule has 3 N–H and O–H groups in total. The van der Waals surface area contributed by atoms with E-state index in [9.17, 15) is 0 Å². The van der Waals surface area contributed by atoms with E-state index in [1.807, 2.05) is 13.2 Å². The minimum atomic E-state index is -0.264. The van der Waals surface area contributed by atoms with Crippen molar-refractivity contribution < 1.29 is 10.2 Å². The third-order valence-electron chi connectivity index (χ3n) is 2.51. The molecule has 0 amide bonds. The molecular formula is C11H21N3O2. The summed E-state index contributed by atoms with van der Waals surface area (Å²) in [7, 11) is 1.89. The van der Waals surface area contributed by atoms with Crippen molar-refractivity contribution in [2.24, 2.45) is 7.05 Å². The molecule has 0 saturated heterocycles. The number of aryl methyl sites for hydroxylation is 1. The maximum absolute atomic E-state index is 8.94. The summed E-state index contributed by atoms with van der Waals surface area (Å²) in [6.45, 7) is 4.69. The number of aliphatic hydroxyl groups is 2. The zero-order valence-electron chi connectivity index (χ0n) is 10.1. The minimum absolute atomic E-state index is 0.0617. The van der Waals surface area contributed by atoms with Crippen LogP contribution in [0.15, 0.2) is 6.20 Å². The first-order chi connectivity index (χ1) is 7.58. The molecule has 1 aromatic heterocycles. The quantitative estimate of drug-likeness (QED) is 0.639. The third-order valence-corrected chi connectivity index (χ3v) is 2.51. The molecule has 5 heteroatoms. The molecule has 0 fully saturated rings. The first-order valence-corrected chi connectivity index (χ1v) is 5.56. The Morgan fingerprint density at radius 1 is 1.38 bits per heavy atom. The molecule has 16 heavy (non-hydrogen) atoms. The summed E-state index contributed by atoms with van der Waals surface area (Å²) < 4.78 is 1.79. The fraction of sp³-hybridized carbons (Fsp3) is 0.727. The largest absolute Gasteiger partial charge is 0.395 e. The molecule has 0 aliphatic carbocycles. The van der Waals surface area contributed by atoms with Crippen LogP contribution in [0.25, 0.3) is 0 Å². The van der Waals surface area contributed by atoms with E-state index in [-0.39, 0.29) is 19.3 Å². The topological polar surface area (TPSA) is 70.3 Å². The van der Waals surface area contributed by atoms with Gasteiger partial charge >= 0.3 is 0 Å². The SMILES string of the molecule is CC(C)c1nn(C)cc1CNC(CO)CO. The van der Waals surface area contributed by atoms with Crippen molar-refractivity contribution in [2.45, 2.75) is 32.4 Å². The molecule has 0 bridgehead atoms. The number of hydrogen-bond donors (Lipinski definition) is 3. The van der Waals surface area contributed by atoms with Crippen molar-refractivity contribution in [3.05, 3.63) is 17.5 Å². The summed E-state index contributed by atoms with van der Waals surface area (Å²) in [4.78, 5) is 0. The van der Waals surface area contributed by atoms with Gasteiger partial charge in [0.25, 0.3) is 0 Å². The fourth-order valence-electron chi connectivity index (χ4n) is 1.62. The molecule has 0 radical (unpaired) electrons. The summed E-state index contributed by atoms with van der Waals surface area (Å²) in [5, 5.41) is 25.4. The van der Waals surface area contributed by atoms with E-state index in [1.165, 1.54) is 0 Å². The molecule has 0 aromatic carbocycles. The summed E-state index contributed by atoms with van der Waals surface area (Å²) in [5.41, 5.74) is 2.18. The van der Waals surface area contributed by atoms with Crippen LogP contribution in [-0.4, -0.2) is 39.2 Å². The van der Waals surface area contributed by atoms with Crippen LogP contribution in [0, 0.1) is 0 Å². The second-order valence-corrected chi connectivity index (χ2v) is 4.31. The van der Waals surface area contributed by atoms with E-state index in [2.05, 4.69) is 24.3 Å². The zero-order chi connectivity index (χ0) is 12.1. The summed E-state index contributed by atoms with van der Waals surface area (Å²) >= 11 is 0. The molecule has 92 valence electrons. The summed E-state index contributed by atoms with van der Waals surface area (Å²) in [6, 6.07) is -0.264. The average Bonchev–Trinajstić information content (AvgIpc) is 2.61. The lowest BCUT2D eigenvalue weighted by molar-refractivity contribution is 0.170. The normalized spacial score (nSPS) is 11.7. The van der Waals surface area contributed by atoms with Gasteiger partial charge in [-0.05, 0) is 5.92 Å². The highest BCUT2D eigenvalue weighted by atomic mass is 16.3. The van der Waals surface area contributed by atoms with Gasteiger partial charge in [-0.2, -0.15) is 5.10 Å². The van der Waals surface area contributed by atoms with Crippen LogP contribution in [0.5, 0.6) is 0 Å². The number of hydrogen-bond acceptors (Lipinski definition) is 4. The van der Waals surface area contributed by atoms with E-state index in [0.29, 0.717) is 12.5 Å². The van der Waals surface area contributed by atoms with Gasteiger partial charge in [-0.25, -0.2) is 0 Å². The molecule has 1 aromatic rings. The molecule has 0 spiro atoms. The molecular weight excluding hydrogens is 206 g/mol. The number of nitrogens with one attached hydrogen (secondary N) is 1. The second kappa shape index (κ2) is 5.98. The van der Waals surface area contributed by atoms with E-state index >= 15 is 0 Å². The van der Waals surface area contributed by atoms with Crippen LogP contribution in [0.4, 0.5) is 0 Å². The Morgan fingerprint density at radius 2 is 2.00 bits per heavy atom. The van der Waals surface area contributed by atoms with Crippen LogP contribution < -0.4 is 5.32 Å². The van der Waals surface area contributed by atoms with Crippen LogP contribution >= 0.6 is 0 Å². The Morgan fingerprint density at radius 3 is 2.50 bits per heavy atom. The zero-order valence-corrected chi connectivity index (χ0v) is 10.1. The lowest BCUT2D eigenvalue weighted by Gasteiger charge is -2.13. The van der Waals surface area contributed by atoms with Gasteiger partial charge in [0.05, 0.1) is 24.9 Å². The Hall–Kier alpha value is -0.910. The molecule has 0 aliphatic rings. The highest BCUT2D eigenvalue weighted by molar-refractivity contribution is 5.20. The third kappa shape index (κ3) is 3.30. The van der Waals surface area contributed by atoms with Crippen molar-refractivity contribution in [2.75, 3.05) is 13.2 Å². The lowest BCUT2D eigenvalue weighted by Crippen LogP contribution is -2.35. The van der Waals surface area contributed by atoms with Gasteiger partial charge < -0.3 is 15.5 Å². The Kier molecular flexibility index (Phi) is 4.92. The molecule has 0 aliphatic heterocycles. The maximum atomic E-state index is 8.94. The van der Waals surface area contributed by atoms with Crippen molar-refractivity contribution in [1.29, 1.82) is 0 Å². The van der Waals surface area contributed by atoms with E-state index < -0.39 is 0 Å². The van der Waals surface area contributed by atoms with Gasteiger partial charge in [0.15, 0.2) is 0 Å². The fourth-order valence-corrected chi connectivity index (χ4v) is 1.62. The molecule has 0 atom stereocenters. The van der Waals surface area contributed by atoms with E-state index in [0.717, 1.165) is 11.3 Å². The van der Waals surface area contributed by atoms with Crippen LogP contribution in [0.2, 0.25) is 0 Å². The van der Waals surface area contributed by atoms with Gasteiger partial charge in [0, 0.05) is 25.4 Å². The highest BCUT2D eigenvalue weighted by Gasteiger charge is 2.12. The van der Waals surface area contributed by atoms with Gasteiger partial charge in [0.2, 0.25) is 0 Å². The van der Waals surface area contributed by atoms with Crippen LogP contribution in [0.3, 0.4) is 0 Å². The van der Waals surface area contributed by atoms with Crippen molar-refractivity contribution in [3.8, 4) is 0 Å². The molecule has 0 unspecified atom stereocenters.